The highest BCUT2D eigenvalue weighted by molar-refractivity contribution is 6.45. The Morgan fingerprint density at radius 3 is 2.40 bits per heavy atom. The van der Waals surface area contributed by atoms with Crippen LogP contribution in [0.25, 0.3) is 10.9 Å². The summed E-state index contributed by atoms with van der Waals surface area (Å²) in [4.78, 5) is 39.0. The number of para-hydroxylation sites is 1. The molecule has 6 heteroatoms. The third-order valence-electron chi connectivity index (χ3n) is 3.93. The molecule has 0 aliphatic carbocycles. The van der Waals surface area contributed by atoms with Crippen LogP contribution in [0.4, 0.5) is 0 Å². The van der Waals surface area contributed by atoms with Crippen LogP contribution in [0.1, 0.15) is 15.9 Å². The van der Waals surface area contributed by atoms with Crippen molar-refractivity contribution in [2.45, 2.75) is 12.5 Å². The topological polar surface area (TPSA) is 99.3 Å². The van der Waals surface area contributed by atoms with Crippen molar-refractivity contribution in [2.24, 2.45) is 0 Å². The molecule has 0 aliphatic heterocycles. The average molecular weight is 336 g/mol. The highest BCUT2D eigenvalue weighted by Crippen LogP contribution is 2.18. The Bertz CT molecular complexity index is 931. The second kappa shape index (κ2) is 7.00. The molecule has 25 heavy (non-hydrogen) atoms. The van der Waals surface area contributed by atoms with Gasteiger partial charge in [-0.2, -0.15) is 0 Å². The maximum atomic E-state index is 12.4. The molecule has 0 aliphatic rings. The lowest BCUT2D eigenvalue weighted by Gasteiger charge is -2.14. The number of carboxylic acids is 1. The Morgan fingerprint density at radius 1 is 1.00 bits per heavy atom. The minimum absolute atomic E-state index is 0.100. The molecule has 0 radical (unpaired) electrons. The summed E-state index contributed by atoms with van der Waals surface area (Å²) >= 11 is 0. The molecule has 3 aromatic rings. The number of carbonyl (C=O) groups excluding carboxylic acids is 2. The standard InChI is InChI=1S/C19H16N2O4/c22-17(14-11-20-15-9-5-4-8-13(14)15)18(23)21-16(19(24)25)10-12-6-2-1-3-7-12/h1-9,11,16,20H,10H2,(H,21,23)(H,24,25)/t16-/m1/s1. The predicted molar refractivity (Wildman–Crippen MR) is 92.3 cm³/mol. The predicted octanol–water partition coefficient (Wildman–Crippen LogP) is 2.16. The monoisotopic (exact) mass is 336 g/mol. The lowest BCUT2D eigenvalue weighted by molar-refractivity contribution is -0.141. The van der Waals surface area contributed by atoms with Crippen LogP contribution in [0.5, 0.6) is 0 Å². The van der Waals surface area contributed by atoms with Crippen molar-refractivity contribution in [1.82, 2.24) is 10.3 Å². The van der Waals surface area contributed by atoms with E-state index in [0.29, 0.717) is 5.39 Å². The van der Waals surface area contributed by atoms with E-state index in [2.05, 4.69) is 10.3 Å². The number of carboxylic acid groups (broad SMARTS) is 1. The number of amides is 1. The summed E-state index contributed by atoms with van der Waals surface area (Å²) in [6.45, 7) is 0. The van der Waals surface area contributed by atoms with E-state index in [0.717, 1.165) is 11.1 Å². The Kier molecular flexibility index (Phi) is 4.61. The number of fused-ring (bicyclic) bond motifs is 1. The van der Waals surface area contributed by atoms with Crippen LogP contribution in [0, 0.1) is 0 Å². The second-order valence-electron chi connectivity index (χ2n) is 5.63. The van der Waals surface area contributed by atoms with E-state index in [1.165, 1.54) is 6.20 Å². The maximum absolute atomic E-state index is 12.4. The molecule has 3 rings (SSSR count). The average Bonchev–Trinajstić information content (AvgIpc) is 3.05. The van der Waals surface area contributed by atoms with E-state index in [1.54, 1.807) is 42.5 Å². The van der Waals surface area contributed by atoms with Crippen molar-refractivity contribution in [3.05, 3.63) is 71.9 Å². The number of benzene rings is 2. The highest BCUT2D eigenvalue weighted by Gasteiger charge is 2.26. The van der Waals surface area contributed by atoms with Crippen LogP contribution in [0.3, 0.4) is 0 Å². The van der Waals surface area contributed by atoms with Crippen molar-refractivity contribution in [1.29, 1.82) is 0 Å². The summed E-state index contributed by atoms with van der Waals surface area (Å²) in [7, 11) is 0. The SMILES string of the molecule is O=C(N[C@H](Cc1ccccc1)C(=O)O)C(=O)c1c[nH]c2ccccc12. The number of aromatic nitrogens is 1. The molecule has 1 aromatic heterocycles. The minimum Gasteiger partial charge on any atom is -0.480 e. The Hall–Kier alpha value is -3.41. The highest BCUT2D eigenvalue weighted by atomic mass is 16.4. The van der Waals surface area contributed by atoms with Crippen molar-refractivity contribution in [3.63, 3.8) is 0 Å². The van der Waals surface area contributed by atoms with Crippen molar-refractivity contribution in [3.8, 4) is 0 Å². The minimum atomic E-state index is -1.19. The van der Waals surface area contributed by atoms with Crippen LogP contribution < -0.4 is 5.32 Å². The lowest BCUT2D eigenvalue weighted by Crippen LogP contribution is -2.45. The van der Waals surface area contributed by atoms with Crippen molar-refractivity contribution >= 4 is 28.6 Å². The van der Waals surface area contributed by atoms with Gasteiger partial charge in [-0.3, -0.25) is 9.59 Å². The van der Waals surface area contributed by atoms with Gasteiger partial charge in [-0.05, 0) is 11.6 Å². The summed E-state index contributed by atoms with van der Waals surface area (Å²) in [6, 6.07) is 14.8. The maximum Gasteiger partial charge on any atom is 0.326 e. The van der Waals surface area contributed by atoms with Gasteiger partial charge in [0.15, 0.2) is 0 Å². The third kappa shape index (κ3) is 3.58. The Morgan fingerprint density at radius 2 is 1.68 bits per heavy atom. The van der Waals surface area contributed by atoms with Gasteiger partial charge in [0.05, 0.1) is 5.56 Å². The summed E-state index contributed by atoms with van der Waals surface area (Å²) < 4.78 is 0. The number of ketones is 1. The van der Waals surface area contributed by atoms with Crippen LogP contribution in [-0.4, -0.2) is 33.8 Å². The molecule has 1 atom stereocenters. The number of nitrogens with one attached hydrogen (secondary N) is 2. The number of aliphatic carboxylic acids is 1. The van der Waals surface area contributed by atoms with Crippen LogP contribution in [-0.2, 0) is 16.0 Å². The molecule has 6 nitrogen and oxygen atoms in total. The molecule has 1 heterocycles. The zero-order chi connectivity index (χ0) is 17.8. The number of H-pyrrole nitrogens is 1. The number of carbonyl (C=O) groups is 3. The van der Waals surface area contributed by atoms with E-state index in [9.17, 15) is 19.5 Å². The van der Waals surface area contributed by atoms with Gasteiger partial charge < -0.3 is 15.4 Å². The van der Waals surface area contributed by atoms with Gasteiger partial charge >= 0.3 is 5.97 Å². The van der Waals surface area contributed by atoms with E-state index >= 15 is 0 Å². The normalized spacial score (nSPS) is 11.8. The number of rotatable bonds is 6. The van der Waals surface area contributed by atoms with Gasteiger partial charge in [-0.15, -0.1) is 0 Å². The summed E-state index contributed by atoms with van der Waals surface area (Å²) in [5.74, 6) is -2.89. The van der Waals surface area contributed by atoms with Gasteiger partial charge in [0, 0.05) is 23.5 Å². The van der Waals surface area contributed by atoms with Crippen LogP contribution in [0.2, 0.25) is 0 Å². The quantitative estimate of drug-likeness (QED) is 0.474. The first kappa shape index (κ1) is 16.4. The number of aromatic amines is 1. The fourth-order valence-corrected chi connectivity index (χ4v) is 2.66. The summed E-state index contributed by atoms with van der Waals surface area (Å²) in [5, 5.41) is 12.3. The first-order valence-corrected chi connectivity index (χ1v) is 7.74. The van der Waals surface area contributed by atoms with Gasteiger partial charge in [0.1, 0.15) is 6.04 Å². The van der Waals surface area contributed by atoms with Gasteiger partial charge in [-0.25, -0.2) is 4.79 Å². The zero-order valence-corrected chi connectivity index (χ0v) is 13.2. The van der Waals surface area contributed by atoms with E-state index in [-0.39, 0.29) is 12.0 Å². The molecule has 0 saturated heterocycles. The van der Waals surface area contributed by atoms with Gasteiger partial charge in [0.25, 0.3) is 11.7 Å². The lowest BCUT2D eigenvalue weighted by atomic mass is 10.0. The molecule has 3 N–H and O–H groups in total. The second-order valence-corrected chi connectivity index (χ2v) is 5.63. The summed E-state index contributed by atoms with van der Waals surface area (Å²) in [5.41, 5.74) is 1.71. The van der Waals surface area contributed by atoms with E-state index in [1.807, 2.05) is 12.1 Å². The molecular formula is C19H16N2O4. The fraction of sp³-hybridized carbons (Fsp3) is 0.105. The van der Waals surface area contributed by atoms with E-state index < -0.39 is 23.7 Å². The Labute approximate surface area is 143 Å². The molecule has 0 saturated carbocycles. The van der Waals surface area contributed by atoms with Crippen molar-refractivity contribution in [2.75, 3.05) is 0 Å². The molecule has 0 spiro atoms. The van der Waals surface area contributed by atoms with E-state index in [4.69, 9.17) is 0 Å². The number of Topliss-reactive ketones (excluding diaryl/α,β-unsaturated/α-hetero) is 1. The molecule has 1 amide bonds. The number of hydrogen-bond donors (Lipinski definition) is 3. The zero-order valence-electron chi connectivity index (χ0n) is 13.2. The summed E-state index contributed by atoms with van der Waals surface area (Å²) in [6.07, 6.45) is 1.56. The van der Waals surface area contributed by atoms with Crippen LogP contribution >= 0.6 is 0 Å². The van der Waals surface area contributed by atoms with Crippen LogP contribution in [0.15, 0.2) is 60.8 Å². The molecule has 0 fully saturated rings. The first-order valence-electron chi connectivity index (χ1n) is 7.74. The van der Waals surface area contributed by atoms with Gasteiger partial charge in [-0.1, -0.05) is 48.5 Å². The Balaban J connectivity index is 1.77. The number of hydrogen-bond acceptors (Lipinski definition) is 3. The third-order valence-corrected chi connectivity index (χ3v) is 3.93. The fourth-order valence-electron chi connectivity index (χ4n) is 2.66. The molecule has 0 bridgehead atoms. The molecule has 2 aromatic carbocycles. The first-order chi connectivity index (χ1) is 12.1. The smallest absolute Gasteiger partial charge is 0.326 e. The molecule has 126 valence electrons. The van der Waals surface area contributed by atoms with Crippen molar-refractivity contribution < 1.29 is 19.5 Å². The largest absolute Gasteiger partial charge is 0.480 e. The van der Waals surface area contributed by atoms with Gasteiger partial charge in [0.2, 0.25) is 0 Å². The molecular weight excluding hydrogens is 320 g/mol. The molecule has 0 unspecified atom stereocenters.